The molecule has 2 aliphatic rings. The van der Waals surface area contributed by atoms with Crippen LogP contribution in [0.4, 0.5) is 0 Å². The number of fused-ring (bicyclic) bond motifs is 1. The van der Waals surface area contributed by atoms with Crippen molar-refractivity contribution in [3.63, 3.8) is 0 Å². The minimum absolute atomic E-state index is 0.0178. The van der Waals surface area contributed by atoms with Crippen molar-refractivity contribution in [3.8, 4) is 0 Å². The highest BCUT2D eigenvalue weighted by Crippen LogP contribution is 2.60. The molecule has 1 saturated carbocycles. The van der Waals surface area contributed by atoms with Crippen LogP contribution < -0.4 is 0 Å². The van der Waals surface area contributed by atoms with Gasteiger partial charge in [0.05, 0.1) is 6.61 Å². The van der Waals surface area contributed by atoms with E-state index in [1.807, 2.05) is 6.92 Å². The second kappa shape index (κ2) is 7.65. The number of esters is 1. The Morgan fingerprint density at radius 1 is 1.36 bits per heavy atom. The van der Waals surface area contributed by atoms with Crippen molar-refractivity contribution in [2.75, 3.05) is 6.61 Å². The molecule has 3 heteroatoms. The van der Waals surface area contributed by atoms with E-state index in [1.54, 1.807) is 6.08 Å². The Morgan fingerprint density at radius 2 is 2.04 bits per heavy atom. The van der Waals surface area contributed by atoms with Crippen LogP contribution in [0.1, 0.15) is 73.6 Å². The summed E-state index contributed by atoms with van der Waals surface area (Å²) in [6.45, 7) is 12.9. The van der Waals surface area contributed by atoms with Crippen LogP contribution in [-0.2, 0) is 9.53 Å². The number of carbonyl (C=O) groups is 1. The maximum absolute atomic E-state index is 11.6. The lowest BCUT2D eigenvalue weighted by Gasteiger charge is -2.57. The van der Waals surface area contributed by atoms with E-state index in [2.05, 4.69) is 33.8 Å². The van der Waals surface area contributed by atoms with Gasteiger partial charge < -0.3 is 9.84 Å². The number of allylic oxidation sites excluding steroid dienone is 2. The summed E-state index contributed by atoms with van der Waals surface area (Å²) in [6.07, 6.45) is 9.71. The summed E-state index contributed by atoms with van der Waals surface area (Å²) in [5.41, 5.74) is 2.99. The molecule has 25 heavy (non-hydrogen) atoms. The van der Waals surface area contributed by atoms with Gasteiger partial charge in [-0.25, -0.2) is 0 Å². The predicted molar refractivity (Wildman–Crippen MR) is 102 cm³/mol. The van der Waals surface area contributed by atoms with E-state index in [9.17, 15) is 9.90 Å². The van der Waals surface area contributed by atoms with E-state index in [0.717, 1.165) is 18.4 Å². The van der Waals surface area contributed by atoms with Gasteiger partial charge in [0, 0.05) is 6.92 Å². The molecule has 0 bridgehead atoms. The van der Waals surface area contributed by atoms with Crippen LogP contribution in [0.2, 0.25) is 0 Å². The molecule has 2 aliphatic carbocycles. The van der Waals surface area contributed by atoms with Crippen LogP contribution in [0.25, 0.3) is 0 Å². The lowest BCUT2D eigenvalue weighted by molar-refractivity contribution is -0.146. The van der Waals surface area contributed by atoms with E-state index >= 15 is 0 Å². The number of hydrogen-bond donors (Lipinski definition) is 1. The van der Waals surface area contributed by atoms with Crippen LogP contribution in [0.5, 0.6) is 0 Å². The molecule has 0 saturated heterocycles. The number of rotatable bonds is 5. The van der Waals surface area contributed by atoms with Crippen molar-refractivity contribution >= 4 is 5.97 Å². The van der Waals surface area contributed by atoms with Crippen LogP contribution in [0.15, 0.2) is 23.3 Å². The van der Waals surface area contributed by atoms with Crippen molar-refractivity contribution in [2.24, 2.45) is 22.7 Å². The highest BCUT2D eigenvalue weighted by Gasteiger charge is 2.52. The number of aliphatic hydroxyl groups is 1. The monoisotopic (exact) mass is 348 g/mol. The summed E-state index contributed by atoms with van der Waals surface area (Å²) >= 11 is 0. The maximum Gasteiger partial charge on any atom is 0.303 e. The van der Waals surface area contributed by atoms with Crippen molar-refractivity contribution in [1.29, 1.82) is 0 Å². The molecule has 0 radical (unpaired) electrons. The third-order valence-electron chi connectivity index (χ3n) is 6.98. The number of aliphatic hydroxyl groups excluding tert-OH is 1. The first-order chi connectivity index (χ1) is 11.6. The van der Waals surface area contributed by atoms with Gasteiger partial charge in [-0.05, 0) is 67.8 Å². The summed E-state index contributed by atoms with van der Waals surface area (Å²) in [5, 5.41) is 9.26. The molecule has 1 fully saturated rings. The molecule has 0 aliphatic heterocycles. The molecule has 4 atom stereocenters. The molecule has 0 heterocycles. The Kier molecular flexibility index (Phi) is 6.19. The maximum atomic E-state index is 11.6. The molecular weight excluding hydrogens is 312 g/mol. The van der Waals surface area contributed by atoms with Crippen molar-refractivity contribution in [3.05, 3.63) is 23.3 Å². The highest BCUT2D eigenvalue weighted by atomic mass is 16.5. The standard InChI is InChI=1S/C22H36O3/c1-15-8-9-20-21(4,5)11-7-12-22(20,6)18(15)14-19(25-17(3)24)16(2)10-13-23/h8,10,18-20,23H,7,9,11-14H2,1-6H3/b16-10+/t18-,19+,20-,22+/m0/s1. The summed E-state index contributed by atoms with van der Waals surface area (Å²) in [7, 11) is 0. The molecule has 3 nitrogen and oxygen atoms in total. The normalized spacial score (nSPS) is 33.2. The Morgan fingerprint density at radius 3 is 2.64 bits per heavy atom. The predicted octanol–water partition coefficient (Wildman–Crippen LogP) is 5.05. The fraction of sp³-hybridized carbons (Fsp3) is 0.773. The molecule has 2 rings (SSSR count). The van der Waals surface area contributed by atoms with E-state index in [-0.39, 0.29) is 24.1 Å². The topological polar surface area (TPSA) is 46.5 Å². The molecule has 0 spiro atoms. The molecule has 0 unspecified atom stereocenters. The molecular formula is C22H36O3. The Labute approximate surface area is 153 Å². The van der Waals surface area contributed by atoms with Crippen molar-refractivity contribution in [2.45, 2.75) is 79.8 Å². The first-order valence-electron chi connectivity index (χ1n) is 9.73. The summed E-state index contributed by atoms with van der Waals surface area (Å²) in [6, 6.07) is 0. The SMILES string of the molecule is CC(=O)O[C@H](C[C@H]1C(C)=CC[C@H]2C(C)(C)CCC[C@]12C)/C(C)=C/CO. The average Bonchev–Trinajstić information content (AvgIpc) is 2.48. The fourth-order valence-electron chi connectivity index (χ4n) is 5.61. The van der Waals surface area contributed by atoms with Crippen molar-refractivity contribution < 1.29 is 14.6 Å². The number of carbonyl (C=O) groups excluding carboxylic acids is 1. The molecule has 1 N–H and O–H groups in total. The molecule has 0 aromatic rings. The zero-order valence-electron chi connectivity index (χ0n) is 16.9. The van der Waals surface area contributed by atoms with Gasteiger partial charge in [-0.1, -0.05) is 44.9 Å². The third-order valence-corrected chi connectivity index (χ3v) is 6.98. The number of hydrogen-bond acceptors (Lipinski definition) is 3. The Hall–Kier alpha value is -1.09. The Balaban J connectivity index is 2.33. The largest absolute Gasteiger partial charge is 0.458 e. The van der Waals surface area contributed by atoms with Crippen LogP contribution >= 0.6 is 0 Å². The molecule has 142 valence electrons. The van der Waals surface area contributed by atoms with Crippen molar-refractivity contribution in [1.82, 2.24) is 0 Å². The molecule has 0 aromatic heterocycles. The van der Waals surface area contributed by atoms with Crippen LogP contribution in [0, 0.1) is 22.7 Å². The van der Waals surface area contributed by atoms with Gasteiger partial charge in [-0.3, -0.25) is 4.79 Å². The van der Waals surface area contributed by atoms with E-state index in [4.69, 9.17) is 4.74 Å². The molecule has 0 amide bonds. The zero-order chi connectivity index (χ0) is 18.8. The minimum atomic E-state index is -0.251. The Bertz CT molecular complexity index is 558. The van der Waals surface area contributed by atoms with Gasteiger partial charge in [-0.2, -0.15) is 0 Å². The van der Waals surface area contributed by atoms with Gasteiger partial charge in [0.25, 0.3) is 0 Å². The van der Waals surface area contributed by atoms with E-state index in [1.165, 1.54) is 31.8 Å². The quantitative estimate of drug-likeness (QED) is 0.559. The number of ether oxygens (including phenoxy) is 1. The van der Waals surface area contributed by atoms with E-state index < -0.39 is 0 Å². The average molecular weight is 349 g/mol. The van der Waals surface area contributed by atoms with Gasteiger partial charge in [-0.15, -0.1) is 0 Å². The smallest absolute Gasteiger partial charge is 0.303 e. The van der Waals surface area contributed by atoms with Crippen LogP contribution in [-0.4, -0.2) is 23.8 Å². The lowest BCUT2D eigenvalue weighted by Crippen LogP contribution is -2.49. The third kappa shape index (κ3) is 4.19. The van der Waals surface area contributed by atoms with Gasteiger partial charge in [0.1, 0.15) is 6.10 Å². The van der Waals surface area contributed by atoms with Gasteiger partial charge >= 0.3 is 5.97 Å². The second-order valence-electron chi connectivity index (χ2n) is 9.10. The molecule has 0 aromatic carbocycles. The van der Waals surface area contributed by atoms with Crippen LogP contribution in [0.3, 0.4) is 0 Å². The van der Waals surface area contributed by atoms with E-state index in [0.29, 0.717) is 17.3 Å². The minimum Gasteiger partial charge on any atom is -0.458 e. The van der Waals surface area contributed by atoms with Gasteiger partial charge in [0.2, 0.25) is 0 Å². The summed E-state index contributed by atoms with van der Waals surface area (Å²) < 4.78 is 5.65. The summed E-state index contributed by atoms with van der Waals surface area (Å²) in [5.74, 6) is 0.832. The first-order valence-corrected chi connectivity index (χ1v) is 9.73. The zero-order valence-corrected chi connectivity index (χ0v) is 16.9. The van der Waals surface area contributed by atoms with Gasteiger partial charge in [0.15, 0.2) is 0 Å². The highest BCUT2D eigenvalue weighted by molar-refractivity contribution is 5.66. The fourth-order valence-corrected chi connectivity index (χ4v) is 5.61. The lowest BCUT2D eigenvalue weighted by atomic mass is 9.48. The second-order valence-corrected chi connectivity index (χ2v) is 9.10. The first kappa shape index (κ1) is 20.2. The summed E-state index contributed by atoms with van der Waals surface area (Å²) in [4.78, 5) is 11.6.